The van der Waals surface area contributed by atoms with Crippen LogP contribution in [0.4, 0.5) is 0 Å². The molecule has 11 heavy (non-hydrogen) atoms. The van der Waals surface area contributed by atoms with Crippen molar-refractivity contribution in [2.75, 3.05) is 0 Å². The summed E-state index contributed by atoms with van der Waals surface area (Å²) in [5.74, 6) is -1.04. The van der Waals surface area contributed by atoms with Crippen molar-refractivity contribution in [1.29, 1.82) is 0 Å². The van der Waals surface area contributed by atoms with Gasteiger partial charge in [-0.25, -0.2) is 0 Å². The van der Waals surface area contributed by atoms with Crippen molar-refractivity contribution in [3.8, 4) is 0 Å². The number of aliphatic hydroxyl groups is 1. The lowest BCUT2D eigenvalue weighted by Gasteiger charge is -2.02. The molecule has 1 atom stereocenters. The molecule has 0 saturated heterocycles. The van der Waals surface area contributed by atoms with Crippen LogP contribution in [0.2, 0.25) is 0 Å². The molecule has 5 heteroatoms. The molecule has 0 radical (unpaired) electrons. The molecule has 1 aromatic rings. The largest absolute Gasteiger partial charge is 0.481 e. The summed E-state index contributed by atoms with van der Waals surface area (Å²) < 4.78 is 0. The molecule has 1 heterocycles. The average molecular weight is 156 g/mol. The van der Waals surface area contributed by atoms with Crippen molar-refractivity contribution in [1.82, 2.24) is 10.2 Å². The molecule has 0 spiro atoms. The minimum atomic E-state index is -1.04. The van der Waals surface area contributed by atoms with Crippen LogP contribution in [0.25, 0.3) is 0 Å². The number of carboxylic acids is 1. The molecule has 1 rings (SSSR count). The Labute approximate surface area is 62.7 Å². The number of aromatic amines is 1. The number of aliphatic hydroxyl groups excluding tert-OH is 1. The summed E-state index contributed by atoms with van der Waals surface area (Å²) in [4.78, 5) is 10.1. The van der Waals surface area contributed by atoms with Gasteiger partial charge in [-0.15, -0.1) is 0 Å². The fourth-order valence-corrected chi connectivity index (χ4v) is 0.728. The number of hydrogen-bond donors (Lipinski definition) is 3. The Morgan fingerprint density at radius 1 is 1.82 bits per heavy atom. The van der Waals surface area contributed by atoms with Crippen molar-refractivity contribution in [3.05, 3.63) is 18.0 Å². The first kappa shape index (κ1) is 7.74. The summed E-state index contributed by atoms with van der Waals surface area (Å²) >= 11 is 0. The standard InChI is InChI=1S/C6H8N2O3/c9-5(3-6(10)11)4-1-2-7-8-4/h1-2,5,9H,3H2,(H,7,8)(H,10,11). The Hall–Kier alpha value is -1.36. The van der Waals surface area contributed by atoms with Gasteiger partial charge >= 0.3 is 5.97 Å². The zero-order valence-corrected chi connectivity index (χ0v) is 5.69. The molecule has 0 saturated carbocycles. The van der Waals surface area contributed by atoms with Gasteiger partial charge in [-0.1, -0.05) is 0 Å². The highest BCUT2D eigenvalue weighted by molar-refractivity contribution is 5.67. The quantitative estimate of drug-likeness (QED) is 0.571. The first-order valence-electron chi connectivity index (χ1n) is 3.09. The van der Waals surface area contributed by atoms with Crippen molar-refractivity contribution in [2.45, 2.75) is 12.5 Å². The normalized spacial score (nSPS) is 12.8. The molecule has 1 aromatic heterocycles. The number of nitrogens with zero attached hydrogens (tertiary/aromatic N) is 1. The molecule has 0 aliphatic heterocycles. The lowest BCUT2D eigenvalue weighted by Crippen LogP contribution is -2.05. The highest BCUT2D eigenvalue weighted by Crippen LogP contribution is 2.11. The van der Waals surface area contributed by atoms with Crippen LogP contribution in [0, 0.1) is 0 Å². The second-order valence-electron chi connectivity index (χ2n) is 2.13. The van der Waals surface area contributed by atoms with Crippen molar-refractivity contribution in [2.24, 2.45) is 0 Å². The maximum absolute atomic E-state index is 10.1. The van der Waals surface area contributed by atoms with E-state index in [1.807, 2.05) is 0 Å². The van der Waals surface area contributed by atoms with E-state index < -0.39 is 12.1 Å². The molecule has 0 aliphatic rings. The minimum Gasteiger partial charge on any atom is -0.481 e. The van der Waals surface area contributed by atoms with Crippen LogP contribution in [0.3, 0.4) is 0 Å². The maximum Gasteiger partial charge on any atom is 0.306 e. The highest BCUT2D eigenvalue weighted by atomic mass is 16.4. The van der Waals surface area contributed by atoms with Crippen molar-refractivity contribution >= 4 is 5.97 Å². The number of aliphatic carboxylic acids is 1. The van der Waals surface area contributed by atoms with Crippen LogP contribution in [0.1, 0.15) is 18.2 Å². The minimum absolute atomic E-state index is 0.303. The number of rotatable bonds is 3. The summed E-state index contributed by atoms with van der Waals surface area (Å²) in [5, 5.41) is 23.5. The number of carboxylic acid groups (broad SMARTS) is 1. The van der Waals surface area contributed by atoms with Gasteiger partial charge in [0.1, 0.15) is 6.10 Å². The molecule has 0 fully saturated rings. The predicted molar refractivity (Wildman–Crippen MR) is 35.8 cm³/mol. The Bertz CT molecular complexity index is 232. The van der Waals surface area contributed by atoms with E-state index in [0.717, 1.165) is 0 Å². The Morgan fingerprint density at radius 2 is 2.55 bits per heavy atom. The molecule has 60 valence electrons. The van der Waals surface area contributed by atoms with Gasteiger partial charge in [0.15, 0.2) is 0 Å². The third kappa shape index (κ3) is 2.05. The molecule has 0 aliphatic carbocycles. The van der Waals surface area contributed by atoms with Crippen molar-refractivity contribution < 1.29 is 15.0 Å². The van der Waals surface area contributed by atoms with E-state index in [1.54, 1.807) is 0 Å². The second kappa shape index (κ2) is 3.16. The van der Waals surface area contributed by atoms with E-state index in [4.69, 9.17) is 10.2 Å². The molecular weight excluding hydrogens is 148 g/mol. The van der Waals surface area contributed by atoms with Crippen LogP contribution in [0.15, 0.2) is 12.3 Å². The third-order valence-corrected chi connectivity index (χ3v) is 1.25. The SMILES string of the molecule is O=C(O)CC(O)c1ccn[nH]1. The lowest BCUT2D eigenvalue weighted by molar-refractivity contribution is -0.139. The van der Waals surface area contributed by atoms with E-state index in [2.05, 4.69) is 10.2 Å². The van der Waals surface area contributed by atoms with Crippen LogP contribution in [-0.4, -0.2) is 26.4 Å². The monoisotopic (exact) mass is 156 g/mol. The van der Waals surface area contributed by atoms with Gasteiger partial charge in [0.05, 0.1) is 12.1 Å². The first-order chi connectivity index (χ1) is 5.20. The molecule has 0 amide bonds. The van der Waals surface area contributed by atoms with E-state index in [1.165, 1.54) is 12.3 Å². The van der Waals surface area contributed by atoms with Crippen LogP contribution in [-0.2, 0) is 4.79 Å². The third-order valence-electron chi connectivity index (χ3n) is 1.25. The maximum atomic E-state index is 10.1. The van der Waals surface area contributed by atoms with E-state index in [-0.39, 0.29) is 6.42 Å². The van der Waals surface area contributed by atoms with Gasteiger partial charge in [0.2, 0.25) is 0 Å². The molecule has 5 nitrogen and oxygen atoms in total. The summed E-state index contributed by atoms with van der Waals surface area (Å²) in [5.41, 5.74) is 0.424. The van der Waals surface area contributed by atoms with Gasteiger partial charge in [0, 0.05) is 6.20 Å². The van der Waals surface area contributed by atoms with Crippen LogP contribution in [0.5, 0.6) is 0 Å². The van der Waals surface area contributed by atoms with Gasteiger partial charge in [0.25, 0.3) is 0 Å². The van der Waals surface area contributed by atoms with Crippen LogP contribution < -0.4 is 0 Å². The number of H-pyrrole nitrogens is 1. The smallest absolute Gasteiger partial charge is 0.306 e. The number of aromatic nitrogens is 2. The Kier molecular flexibility index (Phi) is 2.22. The highest BCUT2D eigenvalue weighted by Gasteiger charge is 2.12. The summed E-state index contributed by atoms with van der Waals surface area (Å²) in [6.07, 6.45) is 0.165. The summed E-state index contributed by atoms with van der Waals surface area (Å²) in [6, 6.07) is 1.54. The van der Waals surface area contributed by atoms with Crippen molar-refractivity contribution in [3.63, 3.8) is 0 Å². The summed E-state index contributed by atoms with van der Waals surface area (Å²) in [6.45, 7) is 0. The Balaban J connectivity index is 2.56. The van der Waals surface area contributed by atoms with Gasteiger partial charge in [-0.05, 0) is 6.07 Å². The zero-order valence-electron chi connectivity index (χ0n) is 5.69. The molecule has 3 N–H and O–H groups in total. The molecule has 1 unspecified atom stereocenters. The Morgan fingerprint density at radius 3 is 3.00 bits per heavy atom. The molecule has 0 aromatic carbocycles. The van der Waals surface area contributed by atoms with E-state index in [0.29, 0.717) is 5.69 Å². The van der Waals surface area contributed by atoms with Gasteiger partial charge < -0.3 is 10.2 Å². The van der Waals surface area contributed by atoms with Crippen LogP contribution >= 0.6 is 0 Å². The zero-order chi connectivity index (χ0) is 8.27. The first-order valence-corrected chi connectivity index (χ1v) is 3.09. The van der Waals surface area contributed by atoms with E-state index in [9.17, 15) is 4.79 Å². The molecular formula is C6H8N2O3. The molecule has 0 bridgehead atoms. The number of nitrogens with one attached hydrogen (secondary N) is 1. The fraction of sp³-hybridized carbons (Fsp3) is 0.333. The average Bonchev–Trinajstić information content (AvgIpc) is 2.35. The topological polar surface area (TPSA) is 86.2 Å². The lowest BCUT2D eigenvalue weighted by atomic mass is 10.2. The number of carbonyl (C=O) groups is 1. The second-order valence-corrected chi connectivity index (χ2v) is 2.13. The summed E-state index contributed by atoms with van der Waals surface area (Å²) in [7, 11) is 0. The van der Waals surface area contributed by atoms with Gasteiger partial charge in [-0.2, -0.15) is 5.10 Å². The number of hydrogen-bond acceptors (Lipinski definition) is 3. The predicted octanol–water partition coefficient (Wildman–Crippen LogP) is -0.0822. The van der Waals surface area contributed by atoms with E-state index >= 15 is 0 Å². The fourth-order valence-electron chi connectivity index (χ4n) is 0.728. The van der Waals surface area contributed by atoms with Gasteiger partial charge in [-0.3, -0.25) is 9.89 Å².